The number of hydrogen-bond acceptors (Lipinski definition) is 1. The molecule has 0 saturated heterocycles. The Labute approximate surface area is 104 Å². The normalized spacial score (nSPS) is 16.0. The van der Waals surface area contributed by atoms with Gasteiger partial charge in [0.25, 0.3) is 0 Å². The smallest absolute Gasteiger partial charge is 0.133 e. The minimum absolute atomic E-state index is 0.234. The first-order valence-electron chi connectivity index (χ1n) is 5.85. The molecule has 92 valence electrons. The zero-order chi connectivity index (χ0) is 11.8. The molecule has 0 amide bonds. The molecule has 3 heteroatoms. The van der Waals surface area contributed by atoms with E-state index in [0.29, 0.717) is 11.8 Å². The van der Waals surface area contributed by atoms with E-state index in [-0.39, 0.29) is 11.1 Å². The molecule has 0 rings (SSSR count). The van der Waals surface area contributed by atoms with Gasteiger partial charge in [0.05, 0.1) is 0 Å². The molecule has 0 radical (unpaired) electrons. The van der Waals surface area contributed by atoms with Gasteiger partial charge in [-0.15, -0.1) is 0 Å². The lowest BCUT2D eigenvalue weighted by molar-refractivity contribution is 0.0660. The highest BCUT2D eigenvalue weighted by Crippen LogP contribution is 2.19. The molecular formula is C12H24Cl2O. The van der Waals surface area contributed by atoms with Crippen molar-refractivity contribution in [2.45, 2.75) is 64.5 Å². The van der Waals surface area contributed by atoms with Crippen LogP contribution < -0.4 is 0 Å². The lowest BCUT2D eigenvalue weighted by Gasteiger charge is -2.17. The summed E-state index contributed by atoms with van der Waals surface area (Å²) in [6, 6.07) is 0. The Morgan fingerprint density at radius 3 is 1.33 bits per heavy atom. The van der Waals surface area contributed by atoms with Crippen LogP contribution in [-0.4, -0.2) is 11.1 Å². The minimum Gasteiger partial charge on any atom is -0.344 e. The Morgan fingerprint density at radius 1 is 0.733 bits per heavy atom. The molecule has 0 aromatic heterocycles. The molecule has 0 bridgehead atoms. The Morgan fingerprint density at radius 2 is 1.07 bits per heavy atom. The Balaban J connectivity index is 3.52. The standard InChI is InChI=1S/C12H24Cl2O/c1-9(2)5-7-11(13)15-12(14)8-6-10(3)4/h9-12H,5-8H2,1-4H3. The van der Waals surface area contributed by atoms with Crippen LogP contribution in [0, 0.1) is 11.8 Å². The Bertz CT molecular complexity index is 133. The van der Waals surface area contributed by atoms with Gasteiger partial charge in [-0.2, -0.15) is 0 Å². The maximum absolute atomic E-state index is 6.03. The van der Waals surface area contributed by atoms with Gasteiger partial charge >= 0.3 is 0 Å². The molecule has 0 aliphatic carbocycles. The fraction of sp³-hybridized carbons (Fsp3) is 1.00. The Hall–Kier alpha value is 0.540. The van der Waals surface area contributed by atoms with Crippen LogP contribution in [-0.2, 0) is 4.74 Å². The van der Waals surface area contributed by atoms with Gasteiger partial charge in [-0.25, -0.2) is 0 Å². The van der Waals surface area contributed by atoms with E-state index in [1.54, 1.807) is 0 Å². The third kappa shape index (κ3) is 10.8. The molecule has 0 aliphatic rings. The van der Waals surface area contributed by atoms with Crippen LogP contribution in [0.2, 0.25) is 0 Å². The van der Waals surface area contributed by atoms with Crippen LogP contribution in [0.4, 0.5) is 0 Å². The highest BCUT2D eigenvalue weighted by Gasteiger charge is 2.13. The molecule has 0 aromatic carbocycles. The van der Waals surface area contributed by atoms with Crippen LogP contribution in [0.5, 0.6) is 0 Å². The first-order valence-corrected chi connectivity index (χ1v) is 6.72. The SMILES string of the molecule is CC(C)CCC(Cl)OC(Cl)CCC(C)C. The third-order valence-corrected chi connectivity index (χ3v) is 2.88. The van der Waals surface area contributed by atoms with Crippen molar-refractivity contribution in [1.29, 1.82) is 0 Å². The highest BCUT2D eigenvalue weighted by atomic mass is 35.5. The van der Waals surface area contributed by atoms with Crippen molar-refractivity contribution in [3.63, 3.8) is 0 Å². The fourth-order valence-electron chi connectivity index (χ4n) is 1.23. The number of hydrogen-bond donors (Lipinski definition) is 0. The van der Waals surface area contributed by atoms with E-state index in [2.05, 4.69) is 27.7 Å². The molecule has 0 aliphatic heterocycles. The van der Waals surface area contributed by atoms with Gasteiger partial charge < -0.3 is 4.74 Å². The number of halogens is 2. The molecule has 2 unspecified atom stereocenters. The van der Waals surface area contributed by atoms with Gasteiger partial charge in [0.1, 0.15) is 11.1 Å². The lowest BCUT2D eigenvalue weighted by atomic mass is 10.1. The molecule has 0 N–H and O–H groups in total. The van der Waals surface area contributed by atoms with Crippen molar-refractivity contribution < 1.29 is 4.74 Å². The summed E-state index contributed by atoms with van der Waals surface area (Å²) in [7, 11) is 0. The largest absolute Gasteiger partial charge is 0.344 e. The average molecular weight is 255 g/mol. The summed E-state index contributed by atoms with van der Waals surface area (Å²) in [6.45, 7) is 8.72. The van der Waals surface area contributed by atoms with E-state index in [0.717, 1.165) is 25.7 Å². The summed E-state index contributed by atoms with van der Waals surface area (Å²) < 4.78 is 5.48. The number of rotatable bonds is 8. The number of alkyl halides is 2. The minimum atomic E-state index is -0.234. The first-order chi connectivity index (χ1) is 6.91. The van der Waals surface area contributed by atoms with Crippen molar-refractivity contribution in [3.8, 4) is 0 Å². The van der Waals surface area contributed by atoms with Crippen molar-refractivity contribution in [2.24, 2.45) is 11.8 Å². The summed E-state index contributed by atoms with van der Waals surface area (Å²) >= 11 is 12.1. The first kappa shape index (κ1) is 15.5. The van der Waals surface area contributed by atoms with E-state index in [1.165, 1.54) is 0 Å². The van der Waals surface area contributed by atoms with E-state index in [9.17, 15) is 0 Å². The molecule has 2 atom stereocenters. The lowest BCUT2D eigenvalue weighted by Crippen LogP contribution is -2.14. The molecule has 0 spiro atoms. The van der Waals surface area contributed by atoms with Crippen LogP contribution in [0.1, 0.15) is 53.4 Å². The molecule has 15 heavy (non-hydrogen) atoms. The molecule has 0 saturated carbocycles. The van der Waals surface area contributed by atoms with Crippen LogP contribution in [0.3, 0.4) is 0 Å². The Kier molecular flexibility index (Phi) is 8.98. The average Bonchev–Trinajstić information content (AvgIpc) is 2.11. The zero-order valence-electron chi connectivity index (χ0n) is 10.3. The van der Waals surface area contributed by atoms with Crippen molar-refractivity contribution in [1.82, 2.24) is 0 Å². The molecule has 1 nitrogen and oxygen atoms in total. The van der Waals surface area contributed by atoms with Crippen molar-refractivity contribution >= 4 is 23.2 Å². The molecule has 0 heterocycles. The maximum Gasteiger partial charge on any atom is 0.133 e. The fourth-order valence-corrected chi connectivity index (χ4v) is 1.78. The predicted molar refractivity (Wildman–Crippen MR) is 68.5 cm³/mol. The summed E-state index contributed by atoms with van der Waals surface area (Å²) in [4.78, 5) is 0. The van der Waals surface area contributed by atoms with Crippen LogP contribution in [0.25, 0.3) is 0 Å². The third-order valence-electron chi connectivity index (χ3n) is 2.24. The highest BCUT2D eigenvalue weighted by molar-refractivity contribution is 6.21. The van der Waals surface area contributed by atoms with E-state index >= 15 is 0 Å². The van der Waals surface area contributed by atoms with Crippen molar-refractivity contribution in [2.75, 3.05) is 0 Å². The summed E-state index contributed by atoms with van der Waals surface area (Å²) in [6.07, 6.45) is 3.93. The summed E-state index contributed by atoms with van der Waals surface area (Å²) in [5.74, 6) is 1.33. The van der Waals surface area contributed by atoms with E-state index in [4.69, 9.17) is 27.9 Å². The van der Waals surface area contributed by atoms with Gasteiger partial charge in [-0.1, -0.05) is 50.9 Å². The van der Waals surface area contributed by atoms with E-state index < -0.39 is 0 Å². The monoisotopic (exact) mass is 254 g/mol. The summed E-state index contributed by atoms with van der Waals surface area (Å²) in [5.41, 5.74) is -0.468. The maximum atomic E-state index is 6.03. The van der Waals surface area contributed by atoms with Crippen molar-refractivity contribution in [3.05, 3.63) is 0 Å². The second-order valence-corrected chi connectivity index (χ2v) is 5.87. The molecular weight excluding hydrogens is 231 g/mol. The van der Waals surface area contributed by atoms with Gasteiger partial charge in [0.2, 0.25) is 0 Å². The zero-order valence-corrected chi connectivity index (χ0v) is 11.8. The molecule has 0 aromatic rings. The second-order valence-electron chi connectivity index (χ2n) is 4.90. The van der Waals surface area contributed by atoms with Crippen LogP contribution >= 0.6 is 23.2 Å². The van der Waals surface area contributed by atoms with Gasteiger partial charge in [-0.3, -0.25) is 0 Å². The van der Waals surface area contributed by atoms with Crippen LogP contribution in [0.15, 0.2) is 0 Å². The van der Waals surface area contributed by atoms with Gasteiger partial charge in [0.15, 0.2) is 0 Å². The summed E-state index contributed by atoms with van der Waals surface area (Å²) in [5, 5.41) is 0. The van der Waals surface area contributed by atoms with Gasteiger partial charge in [0, 0.05) is 0 Å². The van der Waals surface area contributed by atoms with Gasteiger partial charge in [-0.05, 0) is 37.5 Å². The predicted octanol–water partition coefficient (Wildman–Crippen LogP) is 5.01. The molecule has 0 fully saturated rings. The topological polar surface area (TPSA) is 9.23 Å². The van der Waals surface area contributed by atoms with E-state index in [1.807, 2.05) is 0 Å². The number of ether oxygens (including phenoxy) is 1. The second kappa shape index (κ2) is 8.66. The quantitative estimate of drug-likeness (QED) is 0.554.